The summed E-state index contributed by atoms with van der Waals surface area (Å²) in [5.41, 5.74) is 0.0952. The fraction of sp³-hybridized carbons (Fsp3) is 0.556. The maximum atomic E-state index is 10.8. The van der Waals surface area contributed by atoms with Crippen molar-refractivity contribution < 1.29 is 14.8 Å². The fourth-order valence-electron chi connectivity index (χ4n) is 1.23. The molecule has 0 amide bonds. The minimum atomic E-state index is -0.657. The number of thioether (sulfide) groups is 1. The Labute approximate surface area is 101 Å². The molecule has 0 bridgehead atoms. The van der Waals surface area contributed by atoms with Gasteiger partial charge in [0.25, 0.3) is 5.69 Å². The van der Waals surface area contributed by atoms with Gasteiger partial charge in [-0.1, -0.05) is 0 Å². The van der Waals surface area contributed by atoms with Gasteiger partial charge in [-0.05, 0) is 6.92 Å². The molecule has 5 nitrogen and oxygen atoms in total. The van der Waals surface area contributed by atoms with E-state index in [1.54, 1.807) is 6.92 Å². The Kier molecular flexibility index (Phi) is 3.48. The van der Waals surface area contributed by atoms with Gasteiger partial charge in [0.15, 0.2) is 0 Å². The highest BCUT2D eigenvalue weighted by molar-refractivity contribution is 8.02. The summed E-state index contributed by atoms with van der Waals surface area (Å²) in [6, 6.07) is 1.46. The van der Waals surface area contributed by atoms with Gasteiger partial charge >= 0.3 is 0 Å². The van der Waals surface area contributed by atoms with Crippen LogP contribution in [0, 0.1) is 10.1 Å². The molecule has 1 atom stereocenters. The third kappa shape index (κ3) is 2.37. The van der Waals surface area contributed by atoms with Crippen LogP contribution in [-0.4, -0.2) is 28.5 Å². The summed E-state index contributed by atoms with van der Waals surface area (Å²) in [6.45, 7) is 2.89. The van der Waals surface area contributed by atoms with Crippen LogP contribution in [0.25, 0.3) is 0 Å². The van der Waals surface area contributed by atoms with Crippen molar-refractivity contribution >= 4 is 28.8 Å². The number of aliphatic hydroxyl groups excluding tert-OH is 1. The minimum absolute atomic E-state index is 0.0952. The Morgan fingerprint density at radius 1 is 1.75 bits per heavy atom. The van der Waals surface area contributed by atoms with E-state index in [1.807, 2.05) is 0 Å². The quantitative estimate of drug-likeness (QED) is 0.664. The second-order valence-electron chi connectivity index (χ2n) is 3.53. The van der Waals surface area contributed by atoms with Crippen molar-refractivity contribution in [3.05, 3.63) is 21.1 Å². The zero-order valence-electron chi connectivity index (χ0n) is 8.58. The molecular formula is C9H11NO4S2. The normalized spacial score (nSPS) is 18.1. The third-order valence-corrected chi connectivity index (χ3v) is 4.84. The molecule has 1 N–H and O–H groups in total. The highest BCUT2D eigenvalue weighted by atomic mass is 32.2. The Morgan fingerprint density at radius 3 is 2.88 bits per heavy atom. The van der Waals surface area contributed by atoms with Crippen molar-refractivity contribution in [2.45, 2.75) is 22.5 Å². The van der Waals surface area contributed by atoms with E-state index in [2.05, 4.69) is 0 Å². The Hall–Kier alpha value is -0.630. The van der Waals surface area contributed by atoms with Crippen LogP contribution < -0.4 is 0 Å². The monoisotopic (exact) mass is 261 g/mol. The molecule has 0 aliphatic carbocycles. The number of thiophene rings is 1. The van der Waals surface area contributed by atoms with Crippen molar-refractivity contribution in [3.63, 3.8) is 0 Å². The van der Waals surface area contributed by atoms with Gasteiger partial charge in [0, 0.05) is 10.9 Å². The predicted octanol–water partition coefficient (Wildman–Crippen LogP) is 2.20. The summed E-state index contributed by atoms with van der Waals surface area (Å²) >= 11 is 2.75. The van der Waals surface area contributed by atoms with Crippen molar-refractivity contribution in [1.82, 2.24) is 0 Å². The lowest BCUT2D eigenvalue weighted by atomic mass is 10.3. The Bertz CT molecular complexity index is 400. The van der Waals surface area contributed by atoms with Crippen molar-refractivity contribution in [3.8, 4) is 0 Å². The zero-order valence-corrected chi connectivity index (χ0v) is 10.2. The lowest BCUT2D eigenvalue weighted by molar-refractivity contribution is -0.387. The summed E-state index contributed by atoms with van der Waals surface area (Å²) in [5, 5.41) is 20.5. The second kappa shape index (κ2) is 4.70. The number of aliphatic hydroxyl groups is 1. The van der Waals surface area contributed by atoms with Crippen LogP contribution in [0.4, 0.5) is 5.69 Å². The maximum Gasteiger partial charge on any atom is 0.294 e. The zero-order chi connectivity index (χ0) is 11.7. The third-order valence-electron chi connectivity index (χ3n) is 2.19. The smallest absolute Gasteiger partial charge is 0.294 e. The van der Waals surface area contributed by atoms with Gasteiger partial charge in [0.2, 0.25) is 0 Å². The van der Waals surface area contributed by atoms with Gasteiger partial charge in [0.05, 0.1) is 29.5 Å². The highest BCUT2D eigenvalue weighted by Gasteiger charge is 2.27. The number of nitrogens with zero attached hydrogens (tertiary/aromatic N) is 1. The largest absolute Gasteiger partial charge is 0.388 e. The van der Waals surface area contributed by atoms with E-state index in [0.29, 0.717) is 27.6 Å². The van der Waals surface area contributed by atoms with Gasteiger partial charge < -0.3 is 9.84 Å². The summed E-state index contributed by atoms with van der Waals surface area (Å²) < 4.78 is 5.69. The van der Waals surface area contributed by atoms with Crippen molar-refractivity contribution in [2.75, 3.05) is 13.2 Å². The first-order valence-electron chi connectivity index (χ1n) is 4.78. The van der Waals surface area contributed by atoms with Crippen LogP contribution in [0.1, 0.15) is 17.9 Å². The summed E-state index contributed by atoms with van der Waals surface area (Å²) in [5.74, 6) is 0. The topological polar surface area (TPSA) is 72.6 Å². The van der Waals surface area contributed by atoms with Crippen LogP contribution in [0.15, 0.2) is 10.3 Å². The lowest BCUT2D eigenvalue weighted by Gasteiger charge is -2.24. The fourth-order valence-corrected chi connectivity index (χ4v) is 3.80. The first-order chi connectivity index (χ1) is 7.58. The van der Waals surface area contributed by atoms with Crippen LogP contribution in [-0.2, 0) is 4.74 Å². The van der Waals surface area contributed by atoms with Gasteiger partial charge in [-0.2, -0.15) is 0 Å². The first kappa shape index (κ1) is 11.8. The summed E-state index contributed by atoms with van der Waals surface area (Å²) in [6.07, 6.45) is -0.657. The standard InChI is InChI=1S/C9H11NO4S2/c1-5(11)8-2-7(10(12)13)9(16-8)15-6-3-14-4-6/h2,5-6,11H,3-4H2,1H3. The maximum absolute atomic E-state index is 10.8. The van der Waals surface area contributed by atoms with Crippen LogP contribution in [0.5, 0.6) is 0 Å². The molecule has 1 unspecified atom stereocenters. The van der Waals surface area contributed by atoms with Gasteiger partial charge in [0.1, 0.15) is 4.21 Å². The molecular weight excluding hydrogens is 250 g/mol. The average molecular weight is 261 g/mol. The number of rotatable bonds is 4. The van der Waals surface area contributed by atoms with Gasteiger partial charge in [-0.3, -0.25) is 10.1 Å². The highest BCUT2D eigenvalue weighted by Crippen LogP contribution is 2.42. The second-order valence-corrected chi connectivity index (χ2v) is 6.18. The molecule has 0 saturated carbocycles. The molecule has 2 rings (SSSR count). The lowest BCUT2D eigenvalue weighted by Crippen LogP contribution is -2.29. The Balaban J connectivity index is 2.22. The number of nitro groups is 1. The molecule has 1 saturated heterocycles. The van der Waals surface area contributed by atoms with Crippen molar-refractivity contribution in [1.29, 1.82) is 0 Å². The molecule has 1 aromatic heterocycles. The number of hydrogen-bond donors (Lipinski definition) is 1. The van der Waals surface area contributed by atoms with E-state index in [4.69, 9.17) is 4.74 Å². The van der Waals surface area contributed by atoms with Crippen LogP contribution in [0.3, 0.4) is 0 Å². The number of ether oxygens (including phenoxy) is 1. The van der Waals surface area contributed by atoms with Crippen LogP contribution >= 0.6 is 23.1 Å². The molecule has 1 fully saturated rings. The van der Waals surface area contributed by atoms with E-state index in [9.17, 15) is 15.2 Å². The predicted molar refractivity (Wildman–Crippen MR) is 62.1 cm³/mol. The minimum Gasteiger partial charge on any atom is -0.388 e. The molecule has 7 heteroatoms. The average Bonchev–Trinajstić information content (AvgIpc) is 2.55. The van der Waals surface area contributed by atoms with E-state index >= 15 is 0 Å². The van der Waals surface area contributed by atoms with E-state index in [-0.39, 0.29) is 5.69 Å². The Morgan fingerprint density at radius 2 is 2.44 bits per heavy atom. The SMILES string of the molecule is CC(O)c1cc([N+](=O)[O-])c(SC2COC2)s1. The molecule has 2 heterocycles. The first-order valence-corrected chi connectivity index (χ1v) is 6.48. The van der Waals surface area contributed by atoms with E-state index in [1.165, 1.54) is 29.2 Å². The van der Waals surface area contributed by atoms with Gasteiger partial charge in [-0.15, -0.1) is 23.1 Å². The number of hydrogen-bond acceptors (Lipinski definition) is 6. The molecule has 0 aromatic carbocycles. The molecule has 16 heavy (non-hydrogen) atoms. The molecule has 0 spiro atoms. The molecule has 88 valence electrons. The molecule has 1 aliphatic heterocycles. The van der Waals surface area contributed by atoms with Crippen LogP contribution in [0.2, 0.25) is 0 Å². The van der Waals surface area contributed by atoms with Gasteiger partial charge in [-0.25, -0.2) is 0 Å². The van der Waals surface area contributed by atoms with E-state index < -0.39 is 11.0 Å². The van der Waals surface area contributed by atoms with Crippen molar-refractivity contribution in [2.24, 2.45) is 0 Å². The summed E-state index contributed by atoms with van der Waals surface area (Å²) in [4.78, 5) is 11.1. The van der Waals surface area contributed by atoms with E-state index in [0.717, 1.165) is 0 Å². The molecule has 1 aromatic rings. The molecule has 1 aliphatic rings. The molecule has 0 radical (unpaired) electrons. The summed E-state index contributed by atoms with van der Waals surface area (Å²) in [7, 11) is 0.